The molecule has 2 aromatic rings. The average Bonchev–Trinajstić information content (AvgIpc) is 2.75. The Kier molecular flexibility index (Phi) is 9.34. The normalized spacial score (nSPS) is 12.8. The molecule has 2 N–H and O–H groups in total. The number of aliphatic hydroxyl groups excluding tert-OH is 1. The van der Waals surface area contributed by atoms with Crippen LogP contribution in [-0.4, -0.2) is 49.3 Å². The lowest BCUT2D eigenvalue weighted by Gasteiger charge is -2.18. The number of methoxy groups -OCH3 is 1. The van der Waals surface area contributed by atoms with E-state index < -0.39 is 6.10 Å². The van der Waals surface area contributed by atoms with Gasteiger partial charge >= 0.3 is 5.97 Å². The molecule has 6 heteroatoms. The van der Waals surface area contributed by atoms with Gasteiger partial charge in [-0.05, 0) is 31.0 Å². The van der Waals surface area contributed by atoms with Gasteiger partial charge in [-0.25, -0.2) is 0 Å². The van der Waals surface area contributed by atoms with Crippen LogP contribution in [0.3, 0.4) is 0 Å². The van der Waals surface area contributed by atoms with E-state index in [0.717, 1.165) is 17.7 Å². The second kappa shape index (κ2) is 12.0. The van der Waals surface area contributed by atoms with Gasteiger partial charge in [0.1, 0.15) is 18.5 Å². The Morgan fingerprint density at radius 1 is 1.03 bits per heavy atom. The number of ketones is 1. The number of benzene rings is 2. The monoisotopic (exact) mass is 399 g/mol. The fraction of sp³-hybridized carbons (Fsp3) is 0.391. The number of carbonyl (C=O) groups excluding carboxylic acids is 2. The Morgan fingerprint density at radius 3 is 2.38 bits per heavy atom. The molecule has 6 nitrogen and oxygen atoms in total. The van der Waals surface area contributed by atoms with Gasteiger partial charge in [-0.3, -0.25) is 9.59 Å². The molecule has 0 saturated carbocycles. The highest BCUT2D eigenvalue weighted by atomic mass is 16.5. The molecule has 1 unspecified atom stereocenters. The van der Waals surface area contributed by atoms with Crippen LogP contribution >= 0.6 is 0 Å². The van der Waals surface area contributed by atoms with Gasteiger partial charge in [-0.2, -0.15) is 0 Å². The number of aliphatic hydroxyl groups is 1. The number of hydrogen-bond donors (Lipinski definition) is 2. The maximum Gasteiger partial charge on any atom is 0.305 e. The van der Waals surface area contributed by atoms with Crippen molar-refractivity contribution in [1.29, 1.82) is 0 Å². The molecule has 2 aromatic carbocycles. The summed E-state index contributed by atoms with van der Waals surface area (Å²) < 4.78 is 10.1. The third kappa shape index (κ3) is 8.46. The lowest BCUT2D eigenvalue weighted by atomic mass is 10.0. The van der Waals surface area contributed by atoms with Gasteiger partial charge in [0.05, 0.1) is 13.5 Å². The predicted octanol–water partition coefficient (Wildman–Crippen LogP) is 2.78. The quantitative estimate of drug-likeness (QED) is 0.422. The standard InChI is InChI=1S/C23H29NO5/c1-17(24-15-20(25)16-29-21-6-4-3-5-7-21)14-18-8-10-19(11-9-18)22(26)12-13-23(27)28-2/h3-11,17,20,24-25H,12-16H2,1-2H3/t17-,20?/m1/s1. The van der Waals surface area contributed by atoms with Crippen molar-refractivity contribution in [3.63, 3.8) is 0 Å². The minimum atomic E-state index is -0.604. The highest BCUT2D eigenvalue weighted by Crippen LogP contribution is 2.11. The first-order valence-electron chi connectivity index (χ1n) is 9.76. The summed E-state index contributed by atoms with van der Waals surface area (Å²) in [7, 11) is 1.31. The molecule has 0 fully saturated rings. The van der Waals surface area contributed by atoms with Crippen LogP contribution < -0.4 is 10.1 Å². The summed E-state index contributed by atoms with van der Waals surface area (Å²) in [6, 6.07) is 16.9. The summed E-state index contributed by atoms with van der Waals surface area (Å²) in [4.78, 5) is 23.2. The molecule has 0 aromatic heterocycles. The molecule has 0 saturated heterocycles. The Hall–Kier alpha value is -2.70. The lowest BCUT2D eigenvalue weighted by Crippen LogP contribution is -2.37. The Bertz CT molecular complexity index is 761. The van der Waals surface area contributed by atoms with Crippen molar-refractivity contribution in [3.05, 3.63) is 65.7 Å². The molecule has 156 valence electrons. The van der Waals surface area contributed by atoms with Crippen LogP contribution in [0, 0.1) is 0 Å². The third-order valence-electron chi connectivity index (χ3n) is 4.49. The third-order valence-corrected chi connectivity index (χ3v) is 4.49. The molecular formula is C23H29NO5. The summed E-state index contributed by atoms with van der Waals surface area (Å²) in [5.41, 5.74) is 1.68. The first kappa shape index (κ1) is 22.6. The van der Waals surface area contributed by atoms with E-state index in [1.54, 1.807) is 12.1 Å². The van der Waals surface area contributed by atoms with Crippen LogP contribution in [0.25, 0.3) is 0 Å². The summed E-state index contributed by atoms with van der Waals surface area (Å²) in [6.07, 6.45) is 0.400. The topological polar surface area (TPSA) is 84.9 Å². The minimum absolute atomic E-state index is 0.0744. The molecule has 0 aliphatic carbocycles. The zero-order valence-electron chi connectivity index (χ0n) is 17.0. The van der Waals surface area contributed by atoms with Gasteiger partial charge < -0.3 is 19.9 Å². The highest BCUT2D eigenvalue weighted by molar-refractivity contribution is 5.97. The molecule has 0 spiro atoms. The molecule has 2 atom stereocenters. The molecule has 0 aliphatic heterocycles. The van der Waals surface area contributed by atoms with Crippen LogP contribution in [0.15, 0.2) is 54.6 Å². The fourth-order valence-electron chi connectivity index (χ4n) is 2.82. The molecule has 0 bridgehead atoms. The molecule has 0 radical (unpaired) electrons. The van der Waals surface area contributed by atoms with Gasteiger partial charge in [0, 0.05) is 24.6 Å². The maximum atomic E-state index is 12.1. The minimum Gasteiger partial charge on any atom is -0.491 e. The van der Waals surface area contributed by atoms with Crippen LogP contribution in [-0.2, 0) is 16.0 Å². The van der Waals surface area contributed by atoms with E-state index in [0.29, 0.717) is 12.1 Å². The number of carbonyl (C=O) groups is 2. The van der Waals surface area contributed by atoms with E-state index in [-0.39, 0.29) is 37.2 Å². The van der Waals surface area contributed by atoms with Crippen LogP contribution in [0.5, 0.6) is 5.75 Å². The van der Waals surface area contributed by atoms with Gasteiger partial charge in [0.25, 0.3) is 0 Å². The van der Waals surface area contributed by atoms with Crippen molar-refractivity contribution >= 4 is 11.8 Å². The zero-order valence-corrected chi connectivity index (χ0v) is 17.0. The molecular weight excluding hydrogens is 370 g/mol. The number of nitrogens with one attached hydrogen (secondary N) is 1. The molecule has 29 heavy (non-hydrogen) atoms. The van der Waals surface area contributed by atoms with Crippen molar-refractivity contribution in [2.45, 2.75) is 38.3 Å². The molecule has 0 aliphatic rings. The van der Waals surface area contributed by atoms with Crippen molar-refractivity contribution in [3.8, 4) is 5.75 Å². The van der Waals surface area contributed by atoms with Gasteiger partial charge in [-0.15, -0.1) is 0 Å². The summed E-state index contributed by atoms with van der Waals surface area (Å²) >= 11 is 0. The molecule has 2 rings (SSSR count). The van der Waals surface area contributed by atoms with E-state index >= 15 is 0 Å². The van der Waals surface area contributed by atoms with Gasteiger partial charge in [-0.1, -0.05) is 42.5 Å². The van der Waals surface area contributed by atoms with Gasteiger partial charge in [0.2, 0.25) is 0 Å². The van der Waals surface area contributed by atoms with Gasteiger partial charge in [0.15, 0.2) is 5.78 Å². The zero-order chi connectivity index (χ0) is 21.1. The maximum absolute atomic E-state index is 12.1. The lowest BCUT2D eigenvalue weighted by molar-refractivity contribution is -0.140. The van der Waals surface area contributed by atoms with Crippen LogP contribution in [0.4, 0.5) is 0 Å². The average molecular weight is 399 g/mol. The van der Waals surface area contributed by atoms with Crippen molar-refractivity contribution in [2.75, 3.05) is 20.3 Å². The SMILES string of the molecule is COC(=O)CCC(=O)c1ccc(C[C@@H](C)NCC(O)COc2ccccc2)cc1. The van der Waals surface area contributed by atoms with E-state index in [2.05, 4.69) is 10.1 Å². The second-order valence-corrected chi connectivity index (χ2v) is 6.99. The second-order valence-electron chi connectivity index (χ2n) is 6.99. The van der Waals surface area contributed by atoms with E-state index in [4.69, 9.17) is 4.74 Å². The molecule has 0 amide bonds. The highest BCUT2D eigenvalue weighted by Gasteiger charge is 2.11. The van der Waals surface area contributed by atoms with E-state index in [1.165, 1.54) is 7.11 Å². The summed E-state index contributed by atoms with van der Waals surface area (Å²) in [5.74, 6) is 0.279. The van der Waals surface area contributed by atoms with Crippen molar-refractivity contribution < 1.29 is 24.2 Å². The van der Waals surface area contributed by atoms with E-state index in [9.17, 15) is 14.7 Å². The largest absolute Gasteiger partial charge is 0.491 e. The summed E-state index contributed by atoms with van der Waals surface area (Å²) in [5, 5.41) is 13.4. The number of Topliss-reactive ketones (excluding diaryl/α,β-unsaturated/α-hetero) is 1. The molecule has 0 heterocycles. The smallest absolute Gasteiger partial charge is 0.305 e. The Balaban J connectivity index is 1.70. The number of rotatable bonds is 12. The van der Waals surface area contributed by atoms with Crippen molar-refractivity contribution in [2.24, 2.45) is 0 Å². The van der Waals surface area contributed by atoms with Crippen molar-refractivity contribution in [1.82, 2.24) is 5.32 Å². The fourth-order valence-corrected chi connectivity index (χ4v) is 2.82. The van der Waals surface area contributed by atoms with Crippen LogP contribution in [0.1, 0.15) is 35.7 Å². The predicted molar refractivity (Wildman–Crippen MR) is 111 cm³/mol. The number of ether oxygens (including phenoxy) is 2. The first-order chi connectivity index (χ1) is 14.0. The van der Waals surface area contributed by atoms with Crippen LogP contribution in [0.2, 0.25) is 0 Å². The number of hydrogen-bond acceptors (Lipinski definition) is 6. The first-order valence-corrected chi connectivity index (χ1v) is 9.76. The van der Waals surface area contributed by atoms with E-state index in [1.807, 2.05) is 49.4 Å². The Labute approximate surface area is 171 Å². The summed E-state index contributed by atoms with van der Waals surface area (Å²) in [6.45, 7) is 2.70. The Morgan fingerprint density at radius 2 is 1.72 bits per heavy atom. The number of esters is 1. The number of para-hydroxylation sites is 1.